The Bertz CT molecular complexity index is 1080. The largest absolute Gasteiger partial charge is 0.477 e. The fourth-order valence-electron chi connectivity index (χ4n) is 3.16. The van der Waals surface area contributed by atoms with E-state index in [0.29, 0.717) is 41.9 Å². The van der Waals surface area contributed by atoms with Crippen molar-refractivity contribution >= 4 is 17.9 Å². The summed E-state index contributed by atoms with van der Waals surface area (Å²) in [6.45, 7) is 9.94. The molecule has 11 heteroatoms. The molecule has 0 spiro atoms. The van der Waals surface area contributed by atoms with E-state index in [1.54, 1.807) is 37.4 Å². The summed E-state index contributed by atoms with van der Waals surface area (Å²) in [5.74, 6) is 0.590. The van der Waals surface area contributed by atoms with Gasteiger partial charge in [0.05, 0.1) is 31.0 Å². The van der Waals surface area contributed by atoms with E-state index in [0.717, 1.165) is 26.1 Å². The Morgan fingerprint density at radius 3 is 2.37 bits per heavy atom. The lowest BCUT2D eigenvalue weighted by Gasteiger charge is -2.22. The Morgan fingerprint density at radius 1 is 1.13 bits per heavy atom. The third-order valence-electron chi connectivity index (χ3n) is 4.95. The topological polar surface area (TPSA) is 130 Å². The SMILES string of the molecule is CC.CC.COC.Cn1cncc1-c1nc(OCC2CCOCC2)cc(C(=O)Nc2ccc(C=O)nc2)n1. The first-order valence-electron chi connectivity index (χ1n) is 12.7. The maximum absolute atomic E-state index is 12.8. The number of carbonyl (C=O) groups is 2. The summed E-state index contributed by atoms with van der Waals surface area (Å²) in [4.78, 5) is 40.5. The summed E-state index contributed by atoms with van der Waals surface area (Å²) in [5, 5.41) is 2.73. The molecule has 0 atom stereocenters. The van der Waals surface area contributed by atoms with Crippen LogP contribution in [0.3, 0.4) is 0 Å². The number of nitrogens with one attached hydrogen (secondary N) is 1. The zero-order chi connectivity index (χ0) is 28.3. The number of aldehydes is 1. The molecule has 1 saturated heterocycles. The summed E-state index contributed by atoms with van der Waals surface area (Å²) in [6, 6.07) is 4.63. The lowest BCUT2D eigenvalue weighted by atomic mass is 10.0. The van der Waals surface area contributed by atoms with Crippen molar-refractivity contribution in [1.29, 1.82) is 0 Å². The molecule has 0 radical (unpaired) electrons. The van der Waals surface area contributed by atoms with Gasteiger partial charge in [0.25, 0.3) is 5.91 Å². The molecule has 11 nitrogen and oxygen atoms in total. The van der Waals surface area contributed by atoms with Gasteiger partial charge in [0.1, 0.15) is 17.1 Å². The number of aryl methyl sites for hydroxylation is 1. The molecule has 1 aliphatic rings. The number of nitrogens with zero attached hydrogens (tertiary/aromatic N) is 5. The number of aromatic nitrogens is 5. The van der Waals surface area contributed by atoms with E-state index in [4.69, 9.17) is 9.47 Å². The molecule has 4 heterocycles. The second-order valence-electron chi connectivity index (χ2n) is 7.62. The van der Waals surface area contributed by atoms with Crippen molar-refractivity contribution in [3.05, 3.63) is 48.3 Å². The van der Waals surface area contributed by atoms with Gasteiger partial charge in [-0.3, -0.25) is 14.6 Å². The van der Waals surface area contributed by atoms with Crippen molar-refractivity contribution in [2.24, 2.45) is 13.0 Å². The van der Waals surface area contributed by atoms with Gasteiger partial charge in [0.2, 0.25) is 5.88 Å². The van der Waals surface area contributed by atoms with Crippen molar-refractivity contribution in [1.82, 2.24) is 24.5 Å². The van der Waals surface area contributed by atoms with E-state index in [9.17, 15) is 9.59 Å². The lowest BCUT2D eigenvalue weighted by Crippen LogP contribution is -2.22. The molecule has 0 aromatic carbocycles. The minimum Gasteiger partial charge on any atom is -0.477 e. The summed E-state index contributed by atoms with van der Waals surface area (Å²) in [5.41, 5.74) is 1.53. The molecule has 38 heavy (non-hydrogen) atoms. The quantitative estimate of drug-likeness (QED) is 0.442. The number of carbonyl (C=O) groups excluding carboxylic acids is 2. The summed E-state index contributed by atoms with van der Waals surface area (Å²) in [7, 11) is 5.07. The van der Waals surface area contributed by atoms with Crippen molar-refractivity contribution < 1.29 is 23.8 Å². The second-order valence-corrected chi connectivity index (χ2v) is 7.62. The molecule has 208 valence electrons. The Hall–Kier alpha value is -3.70. The Balaban J connectivity index is 0.000000944. The van der Waals surface area contributed by atoms with E-state index in [-0.39, 0.29) is 11.4 Å². The van der Waals surface area contributed by atoms with Crippen LogP contribution in [0.4, 0.5) is 5.69 Å². The molecule has 1 N–H and O–H groups in total. The molecule has 0 saturated carbocycles. The molecule has 3 aromatic heterocycles. The Morgan fingerprint density at radius 2 is 1.82 bits per heavy atom. The minimum atomic E-state index is -0.442. The second kappa shape index (κ2) is 18.5. The molecular formula is C27H40N6O5. The van der Waals surface area contributed by atoms with Gasteiger partial charge in [0, 0.05) is 40.5 Å². The fourth-order valence-corrected chi connectivity index (χ4v) is 3.16. The molecule has 1 amide bonds. The molecule has 0 unspecified atom stereocenters. The van der Waals surface area contributed by atoms with Crippen LogP contribution in [0.5, 0.6) is 5.88 Å². The number of amides is 1. The summed E-state index contributed by atoms with van der Waals surface area (Å²) >= 11 is 0. The first-order chi connectivity index (χ1) is 18.5. The maximum atomic E-state index is 12.8. The predicted molar refractivity (Wildman–Crippen MR) is 146 cm³/mol. The van der Waals surface area contributed by atoms with Gasteiger partial charge >= 0.3 is 0 Å². The third kappa shape index (κ3) is 10.3. The van der Waals surface area contributed by atoms with Gasteiger partial charge in [-0.15, -0.1) is 0 Å². The Kier molecular flexibility index (Phi) is 15.8. The van der Waals surface area contributed by atoms with Gasteiger partial charge < -0.3 is 24.1 Å². The average molecular weight is 529 g/mol. The molecule has 1 fully saturated rings. The van der Waals surface area contributed by atoms with Gasteiger partial charge in [-0.2, -0.15) is 4.98 Å². The van der Waals surface area contributed by atoms with Crippen molar-refractivity contribution in [3.8, 4) is 17.4 Å². The highest BCUT2D eigenvalue weighted by atomic mass is 16.5. The molecule has 0 aliphatic carbocycles. The van der Waals surface area contributed by atoms with Crippen LogP contribution in [-0.2, 0) is 16.5 Å². The third-order valence-corrected chi connectivity index (χ3v) is 4.95. The maximum Gasteiger partial charge on any atom is 0.274 e. The first-order valence-corrected chi connectivity index (χ1v) is 12.7. The normalized spacial score (nSPS) is 12.4. The van der Waals surface area contributed by atoms with Crippen LogP contribution in [-0.4, -0.2) is 70.7 Å². The predicted octanol–water partition coefficient (Wildman–Crippen LogP) is 4.46. The van der Waals surface area contributed by atoms with Crippen LogP contribution in [0.1, 0.15) is 61.5 Å². The van der Waals surface area contributed by atoms with Gasteiger partial charge in [0.15, 0.2) is 12.1 Å². The van der Waals surface area contributed by atoms with Gasteiger partial charge in [-0.1, -0.05) is 27.7 Å². The lowest BCUT2D eigenvalue weighted by molar-refractivity contribution is 0.0490. The van der Waals surface area contributed by atoms with Crippen LogP contribution in [0, 0.1) is 5.92 Å². The zero-order valence-electron chi connectivity index (χ0n) is 23.4. The number of anilines is 1. The number of methoxy groups -OCH3 is 1. The highest BCUT2D eigenvalue weighted by molar-refractivity contribution is 6.03. The van der Waals surface area contributed by atoms with Crippen LogP contribution in [0.2, 0.25) is 0 Å². The highest BCUT2D eigenvalue weighted by Gasteiger charge is 2.18. The van der Waals surface area contributed by atoms with E-state index in [1.165, 1.54) is 18.3 Å². The van der Waals surface area contributed by atoms with Crippen LogP contribution >= 0.6 is 0 Å². The number of hydrogen-bond donors (Lipinski definition) is 1. The molecule has 1 aliphatic heterocycles. The smallest absolute Gasteiger partial charge is 0.274 e. The van der Waals surface area contributed by atoms with E-state index >= 15 is 0 Å². The van der Waals surface area contributed by atoms with E-state index < -0.39 is 5.91 Å². The van der Waals surface area contributed by atoms with Crippen LogP contribution in [0.25, 0.3) is 11.5 Å². The van der Waals surface area contributed by atoms with Crippen LogP contribution < -0.4 is 10.1 Å². The highest BCUT2D eigenvalue weighted by Crippen LogP contribution is 2.21. The molecule has 3 aromatic rings. The fraction of sp³-hybridized carbons (Fsp3) is 0.481. The minimum absolute atomic E-state index is 0.146. The number of pyridine rings is 1. The van der Waals surface area contributed by atoms with Crippen molar-refractivity contribution in [3.63, 3.8) is 0 Å². The first kappa shape index (κ1) is 32.3. The molecular weight excluding hydrogens is 488 g/mol. The van der Waals surface area contributed by atoms with Crippen molar-refractivity contribution in [2.45, 2.75) is 40.5 Å². The molecule has 4 rings (SSSR count). The number of imidazole rings is 1. The summed E-state index contributed by atoms with van der Waals surface area (Å²) < 4.78 is 17.3. The van der Waals surface area contributed by atoms with Gasteiger partial charge in [-0.25, -0.2) is 9.97 Å². The van der Waals surface area contributed by atoms with Gasteiger partial charge in [-0.05, 0) is 30.9 Å². The van der Waals surface area contributed by atoms with E-state index in [1.807, 2.05) is 34.7 Å². The number of hydrogen-bond acceptors (Lipinski definition) is 9. The molecule has 0 bridgehead atoms. The number of ether oxygens (including phenoxy) is 3. The van der Waals surface area contributed by atoms with Crippen molar-refractivity contribution in [2.75, 3.05) is 39.4 Å². The summed E-state index contributed by atoms with van der Waals surface area (Å²) in [6.07, 6.45) is 7.16. The van der Waals surface area contributed by atoms with Crippen LogP contribution in [0.15, 0.2) is 36.9 Å². The Labute approximate surface area is 225 Å². The monoisotopic (exact) mass is 528 g/mol. The zero-order valence-corrected chi connectivity index (χ0v) is 23.4. The standard InChI is InChI=1S/C21H22N6O4.C2H6O.2C2H6/c1-27-13-22-10-18(27)20-25-17(21(29)24-15-2-3-16(11-28)23-9-15)8-19(26-20)31-12-14-4-6-30-7-5-14;1-3-2;2*1-2/h2-3,8-11,13-14H,4-7,12H2,1H3,(H,24,29);1-2H3;2*1-2H3. The average Bonchev–Trinajstić information content (AvgIpc) is 3.41. The van der Waals surface area contributed by atoms with E-state index in [2.05, 4.69) is 30.0 Å². The number of rotatable bonds is 7.